The Morgan fingerprint density at radius 2 is 1.40 bits per heavy atom. The van der Waals surface area contributed by atoms with Gasteiger partial charge in [-0.1, -0.05) is 35.1 Å². The van der Waals surface area contributed by atoms with Gasteiger partial charge in [-0.05, 0) is 46.7 Å². The first kappa shape index (κ1) is 36.4. The van der Waals surface area contributed by atoms with Gasteiger partial charge in [0, 0.05) is 36.0 Å². The van der Waals surface area contributed by atoms with Crippen LogP contribution in [0.3, 0.4) is 0 Å². The number of hydrogen-bond acceptors (Lipinski definition) is 10. The highest BCUT2D eigenvalue weighted by Gasteiger charge is 2.18. The molecule has 0 unspecified atom stereocenters. The molecule has 13 N–H and O–H groups in total. The molecule has 0 saturated carbocycles. The lowest BCUT2D eigenvalue weighted by atomic mass is 10.00. The summed E-state index contributed by atoms with van der Waals surface area (Å²) in [5.41, 5.74) is 18.4. The summed E-state index contributed by atoms with van der Waals surface area (Å²) in [6.45, 7) is 1.79. The Kier molecular flexibility index (Phi) is 15.6. The number of benzene rings is 2. The minimum atomic E-state index is -0.177. The number of ether oxygens (including phenoxy) is 3. The molecule has 2 aromatic carbocycles. The van der Waals surface area contributed by atoms with E-state index in [2.05, 4.69) is 26.3 Å². The largest absolute Gasteiger partial charge is 0.491 e. The Bertz CT molecular complexity index is 1480. The fourth-order valence-electron chi connectivity index (χ4n) is 3.97. The Morgan fingerprint density at radius 1 is 0.745 bits per heavy atom. The van der Waals surface area contributed by atoms with E-state index in [0.717, 1.165) is 10.6 Å². The van der Waals surface area contributed by atoms with Crippen molar-refractivity contribution < 1.29 is 19.0 Å². The van der Waals surface area contributed by atoms with Crippen LogP contribution in [0.2, 0.25) is 0 Å². The van der Waals surface area contributed by atoms with Crippen molar-refractivity contribution in [3.8, 4) is 28.4 Å². The summed E-state index contributed by atoms with van der Waals surface area (Å²) < 4.78 is 18.3. The third-order valence-electron chi connectivity index (χ3n) is 6.01. The zero-order valence-corrected chi connectivity index (χ0v) is 27.4. The number of aromatic nitrogens is 1. The van der Waals surface area contributed by atoms with Gasteiger partial charge in [-0.2, -0.15) is 0 Å². The number of para-hydroxylation sites is 1. The quantitative estimate of drug-likeness (QED) is 0.0353. The molecule has 0 aliphatic rings. The first-order valence-electron chi connectivity index (χ1n) is 14.6. The maximum atomic E-state index is 12.6. The molecule has 0 radical (unpaired) electrons. The summed E-state index contributed by atoms with van der Waals surface area (Å²) in [7, 11) is 3.10. The minimum Gasteiger partial charge on any atom is -0.491 e. The van der Waals surface area contributed by atoms with Crippen molar-refractivity contribution in [2.75, 3.05) is 45.2 Å². The molecule has 0 saturated heterocycles. The van der Waals surface area contributed by atoms with Crippen molar-refractivity contribution in [1.29, 1.82) is 16.2 Å². The van der Waals surface area contributed by atoms with Crippen LogP contribution in [0.15, 0.2) is 65.8 Å². The van der Waals surface area contributed by atoms with E-state index in [9.17, 15) is 4.79 Å². The van der Waals surface area contributed by atoms with Crippen LogP contribution in [0.4, 0.5) is 0 Å². The average Bonchev–Trinajstić information content (AvgIpc) is 3.05. The SMILES string of the molecule is N=C(N)NCCOc1ccc(CNC(=O)CCSSc2ccccn2)cc1-c1cccc(OCCNC(=N)N)c1OCCNC(=N)N. The van der Waals surface area contributed by atoms with Gasteiger partial charge in [-0.25, -0.2) is 4.98 Å². The topological polar surface area (TPSA) is 255 Å². The maximum absolute atomic E-state index is 12.6. The number of nitrogens with two attached hydrogens (primary N) is 3. The maximum Gasteiger partial charge on any atom is 0.221 e. The van der Waals surface area contributed by atoms with E-state index in [1.165, 1.54) is 10.8 Å². The van der Waals surface area contributed by atoms with E-state index in [1.54, 1.807) is 23.1 Å². The number of pyridine rings is 1. The van der Waals surface area contributed by atoms with Gasteiger partial charge in [0.25, 0.3) is 0 Å². The molecule has 0 bridgehead atoms. The number of hydrogen-bond donors (Lipinski definition) is 10. The predicted molar refractivity (Wildman–Crippen MR) is 187 cm³/mol. The molecule has 0 aliphatic heterocycles. The summed E-state index contributed by atoms with van der Waals surface area (Å²) in [5.74, 6) is 1.46. The summed E-state index contributed by atoms with van der Waals surface area (Å²) in [5, 5.41) is 34.2. The summed E-state index contributed by atoms with van der Waals surface area (Å²) >= 11 is 0. The van der Waals surface area contributed by atoms with Gasteiger partial charge in [0.2, 0.25) is 5.91 Å². The molecule has 0 spiro atoms. The third-order valence-corrected chi connectivity index (χ3v) is 8.28. The molecule has 0 aliphatic carbocycles. The fourth-order valence-corrected chi connectivity index (χ4v) is 5.84. The normalized spacial score (nSPS) is 10.4. The monoisotopic (exact) mass is 683 g/mol. The molecule has 3 rings (SSSR count). The second-order valence-corrected chi connectivity index (χ2v) is 12.1. The summed E-state index contributed by atoms with van der Waals surface area (Å²) in [6.07, 6.45) is 2.09. The molecular weight excluding hydrogens is 643 g/mol. The molecule has 0 atom stereocenters. The number of carbonyl (C=O) groups excluding carboxylic acids is 1. The first-order valence-corrected chi connectivity index (χ1v) is 16.9. The van der Waals surface area contributed by atoms with Crippen LogP contribution in [0.5, 0.6) is 17.2 Å². The van der Waals surface area contributed by atoms with Crippen molar-refractivity contribution >= 4 is 45.4 Å². The predicted octanol–water partition coefficient (Wildman–Crippen LogP) is 1.78. The van der Waals surface area contributed by atoms with Crippen LogP contribution < -0.4 is 52.7 Å². The highest BCUT2D eigenvalue weighted by molar-refractivity contribution is 8.76. The Morgan fingerprint density at radius 3 is 2.04 bits per heavy atom. The van der Waals surface area contributed by atoms with Crippen LogP contribution in [0.25, 0.3) is 11.1 Å². The molecule has 1 amide bonds. The number of rotatable bonds is 20. The molecule has 3 aromatic rings. The van der Waals surface area contributed by atoms with E-state index in [-0.39, 0.29) is 50.2 Å². The first-order chi connectivity index (χ1) is 22.7. The zero-order chi connectivity index (χ0) is 33.9. The van der Waals surface area contributed by atoms with Gasteiger partial charge in [0.05, 0.1) is 19.6 Å². The van der Waals surface area contributed by atoms with Gasteiger partial charge < -0.3 is 52.7 Å². The zero-order valence-electron chi connectivity index (χ0n) is 25.8. The van der Waals surface area contributed by atoms with Gasteiger partial charge in [0.15, 0.2) is 29.4 Å². The van der Waals surface area contributed by atoms with Crippen molar-refractivity contribution in [2.45, 2.75) is 18.0 Å². The van der Waals surface area contributed by atoms with Crippen LogP contribution in [-0.2, 0) is 11.3 Å². The molecule has 1 heterocycles. The molecule has 252 valence electrons. The molecule has 0 fully saturated rings. The average molecular weight is 684 g/mol. The fraction of sp³-hybridized carbons (Fsp3) is 0.300. The van der Waals surface area contributed by atoms with Gasteiger partial charge in [-0.3, -0.25) is 21.0 Å². The summed E-state index contributed by atoms with van der Waals surface area (Å²) in [4.78, 5) is 16.9. The Labute approximate surface area is 281 Å². The lowest BCUT2D eigenvalue weighted by Crippen LogP contribution is -2.34. The van der Waals surface area contributed by atoms with Crippen LogP contribution in [0, 0.1) is 16.2 Å². The highest BCUT2D eigenvalue weighted by Crippen LogP contribution is 2.42. The van der Waals surface area contributed by atoms with Crippen molar-refractivity contribution in [3.63, 3.8) is 0 Å². The highest BCUT2D eigenvalue weighted by atomic mass is 33.1. The van der Waals surface area contributed by atoms with Crippen molar-refractivity contribution in [3.05, 3.63) is 66.4 Å². The summed E-state index contributed by atoms with van der Waals surface area (Å²) in [6, 6.07) is 16.8. The van der Waals surface area contributed by atoms with Crippen LogP contribution in [-0.4, -0.2) is 74.0 Å². The van der Waals surface area contributed by atoms with E-state index in [1.807, 2.05) is 48.5 Å². The third kappa shape index (κ3) is 13.9. The second kappa shape index (κ2) is 20.2. The lowest BCUT2D eigenvalue weighted by Gasteiger charge is -2.20. The van der Waals surface area contributed by atoms with Crippen molar-refractivity contribution in [1.82, 2.24) is 26.3 Å². The second-order valence-electron chi connectivity index (χ2n) is 9.63. The molecule has 15 nitrogen and oxygen atoms in total. The van der Waals surface area contributed by atoms with E-state index in [4.69, 9.17) is 47.6 Å². The van der Waals surface area contributed by atoms with E-state index < -0.39 is 0 Å². The smallest absolute Gasteiger partial charge is 0.221 e. The molecule has 1 aromatic heterocycles. The standard InChI is InChI=1S/C30H41N11O4S2/c31-28(32)38-11-14-43-23-8-7-20(19-41-25(42)9-17-46-47-26-6-1-2-10-37-26)18-22(23)21-4-3-5-24(44-15-12-39-29(33)34)27(21)45-16-13-40-30(35)36/h1-8,10,18H,9,11-17,19H2,(H,41,42)(H4,31,32,38)(H4,33,34,39)(H4,35,36,40). The van der Waals surface area contributed by atoms with Gasteiger partial charge >= 0.3 is 0 Å². The van der Waals surface area contributed by atoms with Crippen LogP contribution >= 0.6 is 21.6 Å². The van der Waals surface area contributed by atoms with E-state index >= 15 is 0 Å². The molecular formula is C30H41N11O4S2. The van der Waals surface area contributed by atoms with E-state index in [0.29, 0.717) is 60.2 Å². The molecule has 17 heteroatoms. The van der Waals surface area contributed by atoms with Gasteiger partial charge in [0.1, 0.15) is 30.6 Å². The number of nitrogens with one attached hydrogen (secondary N) is 7. The number of carbonyl (C=O) groups is 1. The molecule has 47 heavy (non-hydrogen) atoms. The number of guanidine groups is 3. The Balaban J connectivity index is 1.80. The number of amides is 1. The van der Waals surface area contributed by atoms with Crippen molar-refractivity contribution in [2.24, 2.45) is 17.2 Å². The minimum absolute atomic E-state index is 0.0761. The lowest BCUT2D eigenvalue weighted by molar-refractivity contribution is -0.120. The number of nitrogens with zero attached hydrogens (tertiary/aromatic N) is 1. The Hall–Kier alpha value is -5.03. The van der Waals surface area contributed by atoms with Gasteiger partial charge in [-0.15, -0.1) is 0 Å². The van der Waals surface area contributed by atoms with Crippen LogP contribution in [0.1, 0.15) is 12.0 Å².